The van der Waals surface area contributed by atoms with Gasteiger partial charge in [0.15, 0.2) is 0 Å². The number of aryl methyl sites for hydroxylation is 2. The number of methoxy groups -OCH3 is 1. The number of esters is 1. The summed E-state index contributed by atoms with van der Waals surface area (Å²) in [5.41, 5.74) is 4.61. The molecule has 0 unspecified atom stereocenters. The second kappa shape index (κ2) is 11.1. The predicted molar refractivity (Wildman–Crippen MR) is 136 cm³/mol. The minimum atomic E-state index is -0.625. The number of ether oxygens (including phenoxy) is 3. The van der Waals surface area contributed by atoms with Crippen LogP contribution >= 0.6 is 0 Å². The Morgan fingerprint density at radius 1 is 1.06 bits per heavy atom. The van der Waals surface area contributed by atoms with E-state index in [2.05, 4.69) is 17.2 Å². The maximum atomic E-state index is 12.6. The van der Waals surface area contributed by atoms with Crippen molar-refractivity contribution in [2.45, 2.75) is 60.1 Å². The lowest BCUT2D eigenvalue weighted by Gasteiger charge is -2.24. The second-order valence-electron chi connectivity index (χ2n) is 9.14. The first-order chi connectivity index (χ1) is 15.9. The van der Waals surface area contributed by atoms with Crippen LogP contribution < -0.4 is 15.4 Å². The predicted octanol–water partition coefficient (Wildman–Crippen LogP) is 6.24. The van der Waals surface area contributed by atoms with E-state index in [4.69, 9.17) is 14.2 Å². The van der Waals surface area contributed by atoms with Crippen molar-refractivity contribution >= 4 is 23.4 Å². The Morgan fingerprint density at radius 3 is 2.32 bits per heavy atom. The molecule has 2 rings (SSSR count). The highest BCUT2D eigenvalue weighted by Crippen LogP contribution is 2.33. The third-order valence-corrected chi connectivity index (χ3v) is 5.27. The molecule has 2 aromatic carbocycles. The number of benzene rings is 2. The molecule has 0 saturated carbocycles. The summed E-state index contributed by atoms with van der Waals surface area (Å²) in [6, 6.07) is 8.82. The van der Waals surface area contributed by atoms with Gasteiger partial charge in [-0.3, -0.25) is 5.32 Å². The van der Waals surface area contributed by atoms with Crippen LogP contribution in [0.15, 0.2) is 42.5 Å². The van der Waals surface area contributed by atoms with Crippen LogP contribution in [0.5, 0.6) is 5.75 Å². The number of anilines is 2. The number of rotatable bonds is 8. The van der Waals surface area contributed by atoms with Crippen LogP contribution in [-0.4, -0.2) is 31.4 Å². The van der Waals surface area contributed by atoms with E-state index in [1.807, 2.05) is 45.0 Å². The molecule has 0 spiro atoms. The molecule has 0 aliphatic heterocycles. The zero-order valence-electron chi connectivity index (χ0n) is 21.4. The molecule has 0 fully saturated rings. The minimum absolute atomic E-state index is 0.237. The van der Waals surface area contributed by atoms with Gasteiger partial charge in [0.05, 0.1) is 25.3 Å². The van der Waals surface area contributed by atoms with E-state index in [9.17, 15) is 9.59 Å². The summed E-state index contributed by atoms with van der Waals surface area (Å²) in [7, 11) is 1.62. The Kier molecular flexibility index (Phi) is 8.74. The molecule has 0 aliphatic carbocycles. The van der Waals surface area contributed by atoms with Gasteiger partial charge in [-0.2, -0.15) is 0 Å². The molecule has 0 saturated heterocycles. The van der Waals surface area contributed by atoms with E-state index in [1.54, 1.807) is 40.9 Å². The summed E-state index contributed by atoms with van der Waals surface area (Å²) in [6.07, 6.45) is -0.555. The normalized spacial score (nSPS) is 11.9. The average molecular weight is 469 g/mol. The Morgan fingerprint density at radius 2 is 1.74 bits per heavy atom. The summed E-state index contributed by atoms with van der Waals surface area (Å²) in [6.45, 7) is 17.3. The molecule has 1 atom stereocenters. The van der Waals surface area contributed by atoms with Crippen LogP contribution in [-0.2, 0) is 14.3 Å². The van der Waals surface area contributed by atoms with Gasteiger partial charge in [-0.15, -0.1) is 0 Å². The SMILES string of the molecule is C=C(C(=O)OCC)[C@@H](Nc1cc(C)c(C)c(OC)c1)c1ccc(C)c(NC(=O)OC(C)(C)C)c1. The lowest BCUT2D eigenvalue weighted by molar-refractivity contribution is -0.138. The third kappa shape index (κ3) is 7.01. The fraction of sp³-hybridized carbons (Fsp3) is 0.407. The van der Waals surface area contributed by atoms with Crippen LogP contribution in [0.1, 0.15) is 56.0 Å². The molecule has 0 aliphatic rings. The first-order valence-corrected chi connectivity index (χ1v) is 11.2. The highest BCUT2D eigenvalue weighted by atomic mass is 16.6. The average Bonchev–Trinajstić information content (AvgIpc) is 2.74. The molecule has 7 nitrogen and oxygen atoms in total. The van der Waals surface area contributed by atoms with Gasteiger partial charge in [0.2, 0.25) is 0 Å². The molecular formula is C27H36N2O5. The van der Waals surface area contributed by atoms with Gasteiger partial charge in [0, 0.05) is 17.4 Å². The first kappa shape index (κ1) is 26.8. The van der Waals surface area contributed by atoms with Crippen LogP contribution in [0.2, 0.25) is 0 Å². The molecule has 34 heavy (non-hydrogen) atoms. The fourth-order valence-electron chi connectivity index (χ4n) is 3.37. The van der Waals surface area contributed by atoms with Gasteiger partial charge in [-0.05, 0) is 82.9 Å². The highest BCUT2D eigenvalue weighted by molar-refractivity contribution is 5.91. The van der Waals surface area contributed by atoms with Gasteiger partial charge in [0.1, 0.15) is 11.4 Å². The van der Waals surface area contributed by atoms with Crippen molar-refractivity contribution in [3.63, 3.8) is 0 Å². The van der Waals surface area contributed by atoms with Gasteiger partial charge >= 0.3 is 12.1 Å². The number of hydrogen-bond acceptors (Lipinski definition) is 6. The van der Waals surface area contributed by atoms with Crippen LogP contribution in [0, 0.1) is 20.8 Å². The van der Waals surface area contributed by atoms with Crippen molar-refractivity contribution in [2.75, 3.05) is 24.4 Å². The lowest BCUT2D eigenvalue weighted by atomic mass is 9.96. The van der Waals surface area contributed by atoms with Gasteiger partial charge in [0.25, 0.3) is 0 Å². The maximum absolute atomic E-state index is 12.6. The molecule has 0 bridgehead atoms. The number of carbonyl (C=O) groups excluding carboxylic acids is 2. The Bertz CT molecular complexity index is 1070. The summed E-state index contributed by atoms with van der Waals surface area (Å²) >= 11 is 0. The van der Waals surface area contributed by atoms with Crippen LogP contribution in [0.3, 0.4) is 0 Å². The smallest absolute Gasteiger partial charge is 0.412 e. The van der Waals surface area contributed by atoms with E-state index in [-0.39, 0.29) is 12.2 Å². The van der Waals surface area contributed by atoms with E-state index < -0.39 is 23.7 Å². The van der Waals surface area contributed by atoms with Crippen LogP contribution in [0.25, 0.3) is 0 Å². The molecule has 7 heteroatoms. The van der Waals surface area contributed by atoms with E-state index in [0.29, 0.717) is 5.69 Å². The summed E-state index contributed by atoms with van der Waals surface area (Å²) in [4.78, 5) is 25.0. The first-order valence-electron chi connectivity index (χ1n) is 11.2. The summed E-state index contributed by atoms with van der Waals surface area (Å²) < 4.78 is 16.1. The molecule has 2 N–H and O–H groups in total. The molecular weight excluding hydrogens is 432 g/mol. The zero-order chi connectivity index (χ0) is 25.6. The van der Waals surface area contributed by atoms with Gasteiger partial charge < -0.3 is 19.5 Å². The van der Waals surface area contributed by atoms with E-state index >= 15 is 0 Å². The topological polar surface area (TPSA) is 85.9 Å². The lowest BCUT2D eigenvalue weighted by Crippen LogP contribution is -2.27. The van der Waals surface area contributed by atoms with Crippen molar-refractivity contribution in [2.24, 2.45) is 0 Å². The molecule has 0 heterocycles. The molecule has 0 radical (unpaired) electrons. The monoisotopic (exact) mass is 468 g/mol. The van der Waals surface area contributed by atoms with Gasteiger partial charge in [-0.1, -0.05) is 18.7 Å². The molecule has 184 valence electrons. The summed E-state index contributed by atoms with van der Waals surface area (Å²) in [5.74, 6) is 0.234. The standard InChI is InChI=1S/C27H36N2O5/c1-10-33-25(30)19(5)24(28-21-13-17(3)18(4)23(15-21)32-9)20-12-11-16(2)22(14-20)29-26(31)34-27(6,7)8/h11-15,24,28H,5,10H2,1-4,6-9H3,(H,29,31)/t24-/m1/s1. The Balaban J connectivity index is 2.47. The van der Waals surface area contributed by atoms with Crippen LogP contribution in [0.4, 0.5) is 16.2 Å². The van der Waals surface area contributed by atoms with Gasteiger partial charge in [-0.25, -0.2) is 9.59 Å². The van der Waals surface area contributed by atoms with E-state index in [1.165, 1.54) is 0 Å². The third-order valence-electron chi connectivity index (χ3n) is 5.27. The van der Waals surface area contributed by atoms with Crippen molar-refractivity contribution in [1.82, 2.24) is 0 Å². The molecule has 1 amide bonds. The number of carbonyl (C=O) groups is 2. The number of nitrogens with one attached hydrogen (secondary N) is 2. The molecule has 2 aromatic rings. The second-order valence-corrected chi connectivity index (χ2v) is 9.14. The highest BCUT2D eigenvalue weighted by Gasteiger charge is 2.24. The van der Waals surface area contributed by atoms with E-state index in [0.717, 1.165) is 33.7 Å². The van der Waals surface area contributed by atoms with Crippen molar-refractivity contribution < 1.29 is 23.8 Å². The molecule has 0 aromatic heterocycles. The quantitative estimate of drug-likeness (QED) is 0.352. The number of amides is 1. The Hall–Kier alpha value is -3.48. The van der Waals surface area contributed by atoms with Crippen molar-refractivity contribution in [3.8, 4) is 5.75 Å². The Labute approximate surface area is 202 Å². The zero-order valence-corrected chi connectivity index (χ0v) is 21.4. The van der Waals surface area contributed by atoms with Crippen molar-refractivity contribution in [3.05, 3.63) is 64.7 Å². The maximum Gasteiger partial charge on any atom is 0.412 e. The number of hydrogen-bond donors (Lipinski definition) is 2. The fourth-order valence-corrected chi connectivity index (χ4v) is 3.37. The largest absolute Gasteiger partial charge is 0.496 e. The van der Waals surface area contributed by atoms with Crippen molar-refractivity contribution in [1.29, 1.82) is 0 Å². The minimum Gasteiger partial charge on any atom is -0.496 e. The summed E-state index contributed by atoms with van der Waals surface area (Å²) in [5, 5.41) is 6.19.